The molecule has 1 heterocycles. The van der Waals surface area contributed by atoms with Crippen molar-refractivity contribution in [3.63, 3.8) is 0 Å². The second-order valence-electron chi connectivity index (χ2n) is 7.63. The van der Waals surface area contributed by atoms with Crippen molar-refractivity contribution >= 4 is 27.7 Å². The van der Waals surface area contributed by atoms with E-state index >= 15 is 0 Å². The van der Waals surface area contributed by atoms with Gasteiger partial charge in [0.25, 0.3) is 0 Å². The van der Waals surface area contributed by atoms with Gasteiger partial charge in [-0.1, -0.05) is 29.8 Å². The zero-order chi connectivity index (χ0) is 21.3. The van der Waals surface area contributed by atoms with Gasteiger partial charge in [0.05, 0.1) is 4.90 Å². The van der Waals surface area contributed by atoms with Gasteiger partial charge in [0.2, 0.25) is 15.9 Å². The number of hydrogen-bond acceptors (Lipinski definition) is 5. The number of nitrogens with zero attached hydrogens (tertiary/aromatic N) is 1. The van der Waals surface area contributed by atoms with E-state index in [2.05, 4.69) is 34.9 Å². The number of thioether (sulfide) groups is 1. The Hall–Kier alpha value is -1.35. The Labute approximate surface area is 179 Å². The van der Waals surface area contributed by atoms with Gasteiger partial charge in [0.15, 0.2) is 0 Å². The Bertz CT molecular complexity index is 770. The summed E-state index contributed by atoms with van der Waals surface area (Å²) in [4.78, 5) is 15.4. The summed E-state index contributed by atoms with van der Waals surface area (Å²) < 4.78 is 27.9. The minimum atomic E-state index is -3.73. The molecule has 8 heteroatoms. The van der Waals surface area contributed by atoms with E-state index < -0.39 is 16.1 Å². The van der Waals surface area contributed by atoms with Gasteiger partial charge >= 0.3 is 0 Å². The van der Waals surface area contributed by atoms with Crippen LogP contribution in [0.4, 0.5) is 0 Å². The maximum atomic E-state index is 12.9. The summed E-state index contributed by atoms with van der Waals surface area (Å²) in [5.41, 5.74) is 1.31. The first-order chi connectivity index (χ1) is 13.8. The lowest BCUT2D eigenvalue weighted by molar-refractivity contribution is -0.123. The Balaban J connectivity index is 1.94. The number of carbonyl (C=O) groups excluding carboxylic acids is 1. The van der Waals surface area contributed by atoms with Crippen molar-refractivity contribution in [1.29, 1.82) is 0 Å². The number of rotatable bonds is 10. The summed E-state index contributed by atoms with van der Waals surface area (Å²) in [6.07, 6.45) is 6.38. The number of amides is 1. The molecule has 2 N–H and O–H groups in total. The van der Waals surface area contributed by atoms with Gasteiger partial charge < -0.3 is 5.32 Å². The Kier molecular flexibility index (Phi) is 9.68. The number of sulfonamides is 1. The highest BCUT2D eigenvalue weighted by atomic mass is 32.2. The molecule has 0 aliphatic carbocycles. The first-order valence-electron chi connectivity index (χ1n) is 10.0. The molecule has 1 fully saturated rings. The molecule has 1 saturated heterocycles. The first-order valence-corrected chi connectivity index (χ1v) is 12.9. The van der Waals surface area contributed by atoms with Crippen LogP contribution in [-0.2, 0) is 14.8 Å². The summed E-state index contributed by atoms with van der Waals surface area (Å²) in [6.45, 7) is 6.99. The zero-order valence-corrected chi connectivity index (χ0v) is 19.2. The quantitative estimate of drug-likeness (QED) is 0.548. The molecule has 0 spiro atoms. The van der Waals surface area contributed by atoms with E-state index in [4.69, 9.17) is 0 Å². The molecular formula is C21H33N3O3S2. The molecule has 1 aliphatic heterocycles. The third kappa shape index (κ3) is 8.12. The number of carbonyl (C=O) groups is 1. The SMILES string of the molecule is CSCCC(NS(=O)(=O)c1ccccc1)C(=O)NC1CCN(CC=C(C)C)CC1. The van der Waals surface area contributed by atoms with Crippen LogP contribution >= 0.6 is 11.8 Å². The predicted octanol–water partition coefficient (Wildman–Crippen LogP) is 2.63. The number of piperidine rings is 1. The molecular weight excluding hydrogens is 406 g/mol. The van der Waals surface area contributed by atoms with Crippen molar-refractivity contribution in [3.05, 3.63) is 42.0 Å². The summed E-state index contributed by atoms with van der Waals surface area (Å²) in [6, 6.07) is 7.51. The summed E-state index contributed by atoms with van der Waals surface area (Å²) in [7, 11) is -3.73. The van der Waals surface area contributed by atoms with Crippen molar-refractivity contribution in [2.75, 3.05) is 31.6 Å². The van der Waals surface area contributed by atoms with Crippen LogP contribution in [0.15, 0.2) is 46.9 Å². The molecule has 1 aromatic rings. The predicted molar refractivity (Wildman–Crippen MR) is 121 cm³/mol. The third-order valence-electron chi connectivity index (χ3n) is 4.97. The average Bonchev–Trinajstić information content (AvgIpc) is 2.71. The minimum Gasteiger partial charge on any atom is -0.352 e. The lowest BCUT2D eigenvalue weighted by Crippen LogP contribution is -2.52. The van der Waals surface area contributed by atoms with E-state index in [1.54, 1.807) is 30.0 Å². The van der Waals surface area contributed by atoms with E-state index in [1.807, 2.05) is 6.26 Å². The van der Waals surface area contributed by atoms with Gasteiger partial charge in [-0.15, -0.1) is 0 Å². The molecule has 0 aromatic heterocycles. The maximum absolute atomic E-state index is 12.9. The summed E-state index contributed by atoms with van der Waals surface area (Å²) >= 11 is 1.60. The number of likely N-dealkylation sites (tertiary alicyclic amines) is 1. The number of allylic oxidation sites excluding steroid dienone is 1. The van der Waals surface area contributed by atoms with Crippen LogP contribution in [0.3, 0.4) is 0 Å². The average molecular weight is 440 g/mol. The highest BCUT2D eigenvalue weighted by molar-refractivity contribution is 7.98. The fourth-order valence-corrected chi connectivity index (χ4v) is 4.93. The Morgan fingerprint density at radius 2 is 1.90 bits per heavy atom. The first kappa shape index (κ1) is 23.9. The van der Waals surface area contributed by atoms with Crippen LogP contribution in [-0.4, -0.2) is 63.0 Å². The standard InChI is InChI=1S/C21H33N3O3S2/c1-17(2)9-13-24-14-10-18(11-15-24)22-21(25)20(12-16-28-3)23-29(26,27)19-7-5-4-6-8-19/h4-9,18,20,23H,10-16H2,1-3H3,(H,22,25). The monoisotopic (exact) mass is 439 g/mol. The van der Waals surface area contributed by atoms with Crippen molar-refractivity contribution in [1.82, 2.24) is 14.9 Å². The van der Waals surface area contributed by atoms with Crippen LogP contribution in [0, 0.1) is 0 Å². The van der Waals surface area contributed by atoms with Crippen LogP contribution < -0.4 is 10.0 Å². The molecule has 1 unspecified atom stereocenters. The second-order valence-corrected chi connectivity index (χ2v) is 10.3. The highest BCUT2D eigenvalue weighted by Gasteiger charge is 2.28. The van der Waals surface area contributed by atoms with E-state index in [0.717, 1.165) is 32.5 Å². The smallest absolute Gasteiger partial charge is 0.241 e. The van der Waals surface area contributed by atoms with E-state index in [0.29, 0.717) is 12.2 Å². The third-order valence-corrected chi connectivity index (χ3v) is 7.10. The van der Waals surface area contributed by atoms with Crippen molar-refractivity contribution in [2.24, 2.45) is 0 Å². The van der Waals surface area contributed by atoms with Crippen LogP contribution in [0.5, 0.6) is 0 Å². The molecule has 1 atom stereocenters. The molecule has 0 bridgehead atoms. The van der Waals surface area contributed by atoms with E-state index in [9.17, 15) is 13.2 Å². The molecule has 0 radical (unpaired) electrons. The summed E-state index contributed by atoms with van der Waals surface area (Å²) in [5, 5.41) is 3.07. The topological polar surface area (TPSA) is 78.5 Å². The molecule has 1 aliphatic rings. The van der Waals surface area contributed by atoms with Crippen molar-refractivity contribution < 1.29 is 13.2 Å². The number of benzene rings is 1. The van der Waals surface area contributed by atoms with Crippen LogP contribution in [0.25, 0.3) is 0 Å². The van der Waals surface area contributed by atoms with Gasteiger partial charge in [-0.25, -0.2) is 8.42 Å². The van der Waals surface area contributed by atoms with Gasteiger partial charge in [0.1, 0.15) is 6.04 Å². The largest absolute Gasteiger partial charge is 0.352 e. The molecule has 29 heavy (non-hydrogen) atoms. The molecule has 162 valence electrons. The Morgan fingerprint density at radius 3 is 2.48 bits per heavy atom. The van der Waals surface area contributed by atoms with Gasteiger partial charge in [-0.3, -0.25) is 9.69 Å². The van der Waals surface area contributed by atoms with Crippen molar-refractivity contribution in [3.8, 4) is 0 Å². The van der Waals surface area contributed by atoms with E-state index in [1.165, 1.54) is 17.7 Å². The highest BCUT2D eigenvalue weighted by Crippen LogP contribution is 2.13. The van der Waals surface area contributed by atoms with Crippen molar-refractivity contribution in [2.45, 2.75) is 50.1 Å². The Morgan fingerprint density at radius 1 is 1.24 bits per heavy atom. The molecule has 1 aromatic carbocycles. The zero-order valence-electron chi connectivity index (χ0n) is 17.6. The number of nitrogens with one attached hydrogen (secondary N) is 2. The molecule has 1 amide bonds. The van der Waals surface area contributed by atoms with Gasteiger partial charge in [-0.2, -0.15) is 16.5 Å². The maximum Gasteiger partial charge on any atom is 0.241 e. The molecule has 0 saturated carbocycles. The van der Waals surface area contributed by atoms with E-state index in [-0.39, 0.29) is 16.8 Å². The van der Waals surface area contributed by atoms with Gasteiger partial charge in [0, 0.05) is 25.7 Å². The molecule has 2 rings (SSSR count). The minimum absolute atomic E-state index is 0.0865. The normalized spacial score (nSPS) is 16.9. The lowest BCUT2D eigenvalue weighted by atomic mass is 10.0. The fourth-order valence-electron chi connectivity index (χ4n) is 3.21. The number of hydrogen-bond donors (Lipinski definition) is 2. The summed E-state index contributed by atoms with van der Waals surface area (Å²) in [5.74, 6) is 0.470. The molecule has 6 nitrogen and oxygen atoms in total. The van der Waals surface area contributed by atoms with Crippen LogP contribution in [0.1, 0.15) is 33.1 Å². The van der Waals surface area contributed by atoms with Gasteiger partial charge in [-0.05, 0) is 57.3 Å². The lowest BCUT2D eigenvalue weighted by Gasteiger charge is -2.32. The second kappa shape index (κ2) is 11.7. The van der Waals surface area contributed by atoms with Crippen LogP contribution in [0.2, 0.25) is 0 Å². The fraction of sp³-hybridized carbons (Fsp3) is 0.571.